The molecule has 3 atom stereocenters. The predicted octanol–water partition coefficient (Wildman–Crippen LogP) is 1.73. The van der Waals surface area contributed by atoms with E-state index < -0.39 is 12.3 Å². The molecular formula is C9H14FNO2. The number of amides is 1. The second-order valence-corrected chi connectivity index (χ2v) is 4.12. The van der Waals surface area contributed by atoms with Gasteiger partial charge in [0.25, 0.3) is 0 Å². The van der Waals surface area contributed by atoms with Gasteiger partial charge in [0, 0.05) is 13.1 Å². The van der Waals surface area contributed by atoms with Crippen LogP contribution in [-0.2, 0) is 0 Å². The van der Waals surface area contributed by atoms with E-state index in [0.717, 1.165) is 6.42 Å². The van der Waals surface area contributed by atoms with Crippen molar-refractivity contribution >= 4 is 6.09 Å². The monoisotopic (exact) mass is 187 g/mol. The highest BCUT2D eigenvalue weighted by molar-refractivity contribution is 5.65. The number of likely N-dealkylation sites (tertiary alicyclic amines) is 1. The van der Waals surface area contributed by atoms with Crippen LogP contribution in [0.15, 0.2) is 0 Å². The standard InChI is InChI=1S/C9H14FNO2/c10-8-2-1-6-4-11(9(12)13)5-7(6)3-8/h6-8H,1-5H2,(H,12,13). The van der Waals surface area contributed by atoms with Crippen molar-refractivity contribution < 1.29 is 14.3 Å². The third-order valence-corrected chi connectivity index (χ3v) is 3.26. The highest BCUT2D eigenvalue weighted by atomic mass is 19.1. The molecule has 3 unspecified atom stereocenters. The zero-order valence-corrected chi connectivity index (χ0v) is 7.45. The van der Waals surface area contributed by atoms with Gasteiger partial charge in [-0.15, -0.1) is 0 Å². The van der Waals surface area contributed by atoms with Gasteiger partial charge >= 0.3 is 6.09 Å². The number of rotatable bonds is 0. The zero-order chi connectivity index (χ0) is 9.42. The summed E-state index contributed by atoms with van der Waals surface area (Å²) in [4.78, 5) is 12.1. The molecule has 2 rings (SSSR count). The van der Waals surface area contributed by atoms with Gasteiger partial charge in [-0.3, -0.25) is 0 Å². The molecular weight excluding hydrogens is 173 g/mol. The maximum Gasteiger partial charge on any atom is 0.407 e. The SMILES string of the molecule is O=C(O)N1CC2CCC(F)CC2C1. The lowest BCUT2D eigenvalue weighted by atomic mass is 9.81. The number of nitrogens with zero attached hydrogens (tertiary/aromatic N) is 1. The Morgan fingerprint density at radius 2 is 2.00 bits per heavy atom. The van der Waals surface area contributed by atoms with Gasteiger partial charge in [0.2, 0.25) is 0 Å². The lowest BCUT2D eigenvalue weighted by Gasteiger charge is -2.25. The van der Waals surface area contributed by atoms with Crippen LogP contribution in [0.5, 0.6) is 0 Å². The molecule has 4 heteroatoms. The molecule has 0 aromatic carbocycles. The molecule has 2 fully saturated rings. The molecule has 1 amide bonds. The van der Waals surface area contributed by atoms with Gasteiger partial charge < -0.3 is 10.0 Å². The van der Waals surface area contributed by atoms with Crippen molar-refractivity contribution in [3.8, 4) is 0 Å². The van der Waals surface area contributed by atoms with Crippen LogP contribution < -0.4 is 0 Å². The average Bonchev–Trinajstić information content (AvgIpc) is 2.46. The summed E-state index contributed by atoms with van der Waals surface area (Å²) >= 11 is 0. The topological polar surface area (TPSA) is 40.5 Å². The van der Waals surface area contributed by atoms with E-state index in [1.807, 2.05) is 0 Å². The molecule has 74 valence electrons. The van der Waals surface area contributed by atoms with Crippen LogP contribution in [0.25, 0.3) is 0 Å². The molecule has 13 heavy (non-hydrogen) atoms. The molecule has 3 nitrogen and oxygen atoms in total. The maximum absolute atomic E-state index is 13.0. The maximum atomic E-state index is 13.0. The summed E-state index contributed by atoms with van der Waals surface area (Å²) in [5.74, 6) is 0.697. The van der Waals surface area contributed by atoms with Crippen LogP contribution in [0, 0.1) is 11.8 Å². The van der Waals surface area contributed by atoms with Crippen LogP contribution >= 0.6 is 0 Å². The van der Waals surface area contributed by atoms with Crippen molar-refractivity contribution in [2.75, 3.05) is 13.1 Å². The fraction of sp³-hybridized carbons (Fsp3) is 0.889. The van der Waals surface area contributed by atoms with Crippen molar-refractivity contribution in [3.63, 3.8) is 0 Å². The van der Waals surface area contributed by atoms with Crippen molar-refractivity contribution in [1.29, 1.82) is 0 Å². The Morgan fingerprint density at radius 1 is 1.31 bits per heavy atom. The smallest absolute Gasteiger partial charge is 0.407 e. The summed E-state index contributed by atoms with van der Waals surface area (Å²) < 4.78 is 13.0. The number of halogens is 1. The molecule has 1 aliphatic heterocycles. The Morgan fingerprint density at radius 3 is 2.69 bits per heavy atom. The average molecular weight is 187 g/mol. The number of carbonyl (C=O) groups is 1. The first-order chi connectivity index (χ1) is 6.16. The van der Waals surface area contributed by atoms with Crippen LogP contribution in [0.2, 0.25) is 0 Å². The lowest BCUT2D eigenvalue weighted by molar-refractivity contribution is 0.152. The zero-order valence-electron chi connectivity index (χ0n) is 7.45. The summed E-state index contributed by atoms with van der Waals surface area (Å²) in [6.45, 7) is 1.16. The molecule has 1 saturated heterocycles. The van der Waals surface area contributed by atoms with Crippen LogP contribution in [0.4, 0.5) is 9.18 Å². The summed E-state index contributed by atoms with van der Waals surface area (Å²) in [6.07, 6.45) is 0.485. The van der Waals surface area contributed by atoms with Gasteiger partial charge in [-0.1, -0.05) is 0 Å². The minimum absolute atomic E-state index is 0.278. The molecule has 1 saturated carbocycles. The molecule has 1 aliphatic carbocycles. The van der Waals surface area contributed by atoms with E-state index >= 15 is 0 Å². The van der Waals surface area contributed by atoms with E-state index in [9.17, 15) is 9.18 Å². The highest BCUT2D eigenvalue weighted by Gasteiger charge is 2.39. The van der Waals surface area contributed by atoms with E-state index in [2.05, 4.69) is 0 Å². The second kappa shape index (κ2) is 3.16. The number of alkyl halides is 1. The number of hydrogen-bond acceptors (Lipinski definition) is 1. The first kappa shape index (κ1) is 8.78. The van der Waals surface area contributed by atoms with Gasteiger partial charge in [0.05, 0.1) is 0 Å². The minimum atomic E-state index is -0.857. The molecule has 0 aromatic heterocycles. The first-order valence-corrected chi connectivity index (χ1v) is 4.78. The van der Waals surface area contributed by atoms with Crippen LogP contribution in [0.1, 0.15) is 19.3 Å². The van der Waals surface area contributed by atoms with Gasteiger partial charge in [0.1, 0.15) is 6.17 Å². The molecule has 1 heterocycles. The Balaban J connectivity index is 1.98. The van der Waals surface area contributed by atoms with Crippen molar-refractivity contribution in [2.24, 2.45) is 11.8 Å². The molecule has 0 radical (unpaired) electrons. The Bertz CT molecular complexity index is 222. The van der Waals surface area contributed by atoms with E-state index in [0.29, 0.717) is 31.8 Å². The minimum Gasteiger partial charge on any atom is -0.465 e. The van der Waals surface area contributed by atoms with E-state index in [4.69, 9.17) is 5.11 Å². The van der Waals surface area contributed by atoms with E-state index in [-0.39, 0.29) is 5.92 Å². The largest absolute Gasteiger partial charge is 0.465 e. The molecule has 1 N–H and O–H groups in total. The fourth-order valence-electron chi connectivity index (χ4n) is 2.53. The third-order valence-electron chi connectivity index (χ3n) is 3.26. The third kappa shape index (κ3) is 1.62. The molecule has 0 bridgehead atoms. The summed E-state index contributed by atoms with van der Waals surface area (Å²) in [7, 11) is 0. The Labute approximate surface area is 76.5 Å². The summed E-state index contributed by atoms with van der Waals surface area (Å²) in [6, 6.07) is 0. The summed E-state index contributed by atoms with van der Waals surface area (Å²) in [5.41, 5.74) is 0. The van der Waals surface area contributed by atoms with Crippen molar-refractivity contribution in [1.82, 2.24) is 4.90 Å². The quantitative estimate of drug-likeness (QED) is 0.627. The van der Waals surface area contributed by atoms with Gasteiger partial charge in [0.15, 0.2) is 0 Å². The lowest BCUT2D eigenvalue weighted by Crippen LogP contribution is -2.26. The number of carboxylic acid groups (broad SMARTS) is 1. The Hall–Kier alpha value is -0.800. The second-order valence-electron chi connectivity index (χ2n) is 4.12. The van der Waals surface area contributed by atoms with E-state index in [1.54, 1.807) is 0 Å². The van der Waals surface area contributed by atoms with Gasteiger partial charge in [-0.2, -0.15) is 0 Å². The van der Waals surface area contributed by atoms with Crippen molar-refractivity contribution in [2.45, 2.75) is 25.4 Å². The molecule has 0 aromatic rings. The van der Waals surface area contributed by atoms with Crippen molar-refractivity contribution in [3.05, 3.63) is 0 Å². The predicted molar refractivity (Wildman–Crippen MR) is 45.3 cm³/mol. The molecule has 0 spiro atoms. The van der Waals surface area contributed by atoms with Gasteiger partial charge in [-0.05, 0) is 31.1 Å². The molecule has 2 aliphatic rings. The Kier molecular flexibility index (Phi) is 2.14. The van der Waals surface area contributed by atoms with Crippen LogP contribution in [0.3, 0.4) is 0 Å². The fourth-order valence-corrected chi connectivity index (χ4v) is 2.53. The van der Waals surface area contributed by atoms with Gasteiger partial charge in [-0.25, -0.2) is 9.18 Å². The van der Waals surface area contributed by atoms with E-state index in [1.165, 1.54) is 4.90 Å². The summed E-state index contributed by atoms with van der Waals surface area (Å²) in [5, 5.41) is 8.76. The first-order valence-electron chi connectivity index (χ1n) is 4.78. The number of hydrogen-bond donors (Lipinski definition) is 1. The highest BCUT2D eigenvalue weighted by Crippen LogP contribution is 2.37. The van der Waals surface area contributed by atoms with Crippen LogP contribution in [-0.4, -0.2) is 35.4 Å². The normalized spacial score (nSPS) is 38.8. The number of fused-ring (bicyclic) bond motifs is 1.